The van der Waals surface area contributed by atoms with E-state index in [0.717, 1.165) is 6.07 Å². The van der Waals surface area contributed by atoms with Gasteiger partial charge in [0.15, 0.2) is 0 Å². The number of likely N-dealkylation sites (tertiary alicyclic amines) is 1. The highest BCUT2D eigenvalue weighted by Gasteiger charge is 2.32. The maximum absolute atomic E-state index is 12.6. The van der Waals surface area contributed by atoms with Crippen LogP contribution in [0.1, 0.15) is 16.8 Å². The number of halogens is 1. The fourth-order valence-electron chi connectivity index (χ4n) is 1.80. The molecular formula is C11H11FN2O3. The molecule has 1 aliphatic rings. The number of carbonyl (C=O) groups is 2. The second kappa shape index (κ2) is 4.48. The second-order valence-electron chi connectivity index (χ2n) is 4.04. The lowest BCUT2D eigenvalue weighted by Gasteiger charge is -2.38. The molecule has 1 aromatic rings. The molecule has 6 heteroatoms. The largest absolute Gasteiger partial charge is 0.481 e. The molecule has 0 spiro atoms. The van der Waals surface area contributed by atoms with Crippen molar-refractivity contribution in [1.29, 1.82) is 0 Å². The van der Waals surface area contributed by atoms with Gasteiger partial charge in [0, 0.05) is 25.2 Å². The second-order valence-corrected chi connectivity index (χ2v) is 4.04. The van der Waals surface area contributed by atoms with Gasteiger partial charge in [0.1, 0.15) is 0 Å². The number of nitrogens with zero attached hydrogens (tertiary/aromatic N) is 2. The van der Waals surface area contributed by atoms with Gasteiger partial charge in [-0.2, -0.15) is 4.39 Å². The molecule has 17 heavy (non-hydrogen) atoms. The van der Waals surface area contributed by atoms with Crippen LogP contribution in [-0.2, 0) is 4.79 Å². The van der Waals surface area contributed by atoms with E-state index in [2.05, 4.69) is 4.98 Å². The molecule has 2 heterocycles. The normalized spacial score (nSPS) is 15.5. The maximum atomic E-state index is 12.6. The summed E-state index contributed by atoms with van der Waals surface area (Å²) in [5, 5.41) is 8.57. The first-order chi connectivity index (χ1) is 8.06. The lowest BCUT2D eigenvalue weighted by atomic mass is 9.95. The molecule has 90 valence electrons. The van der Waals surface area contributed by atoms with Gasteiger partial charge < -0.3 is 10.0 Å². The summed E-state index contributed by atoms with van der Waals surface area (Å²) in [7, 11) is 0. The van der Waals surface area contributed by atoms with E-state index in [9.17, 15) is 14.0 Å². The number of amides is 1. The van der Waals surface area contributed by atoms with Gasteiger partial charge >= 0.3 is 5.97 Å². The van der Waals surface area contributed by atoms with Crippen LogP contribution < -0.4 is 0 Å². The van der Waals surface area contributed by atoms with E-state index in [1.807, 2.05) is 0 Å². The quantitative estimate of drug-likeness (QED) is 0.789. The van der Waals surface area contributed by atoms with E-state index in [1.54, 1.807) is 0 Å². The summed E-state index contributed by atoms with van der Waals surface area (Å²) in [6.07, 6.45) is 1.26. The fourth-order valence-corrected chi connectivity index (χ4v) is 1.80. The van der Waals surface area contributed by atoms with Crippen LogP contribution in [0.15, 0.2) is 18.3 Å². The zero-order valence-corrected chi connectivity index (χ0v) is 8.97. The molecule has 5 nitrogen and oxygen atoms in total. The van der Waals surface area contributed by atoms with Crippen LogP contribution in [-0.4, -0.2) is 40.0 Å². The number of rotatable bonds is 3. The number of hydrogen-bond donors (Lipinski definition) is 1. The molecule has 1 N–H and O–H groups in total. The van der Waals surface area contributed by atoms with Crippen LogP contribution in [0, 0.1) is 11.9 Å². The summed E-state index contributed by atoms with van der Waals surface area (Å²) in [4.78, 5) is 27.1. The van der Waals surface area contributed by atoms with Crippen LogP contribution in [0.3, 0.4) is 0 Å². The lowest BCUT2D eigenvalue weighted by molar-refractivity contribution is -0.139. The molecule has 0 saturated carbocycles. The minimum atomic E-state index is -0.856. The minimum absolute atomic E-state index is 0.0184. The number of aliphatic carboxylic acids is 1. The van der Waals surface area contributed by atoms with Gasteiger partial charge in [0.25, 0.3) is 5.91 Å². The van der Waals surface area contributed by atoms with Crippen molar-refractivity contribution >= 4 is 11.9 Å². The highest BCUT2D eigenvalue weighted by Crippen LogP contribution is 2.21. The number of carboxylic acids is 1. The third-order valence-corrected chi connectivity index (χ3v) is 2.68. The Hall–Kier alpha value is -1.98. The molecular weight excluding hydrogens is 227 g/mol. The predicted octanol–water partition coefficient (Wildman–Crippen LogP) is 0.767. The molecule has 1 saturated heterocycles. The SMILES string of the molecule is O=C(O)CC1CN(C(=O)c2ccc(F)nc2)C1. The number of carbonyl (C=O) groups excluding carboxylic acids is 1. The first-order valence-corrected chi connectivity index (χ1v) is 5.19. The Kier molecular flexibility index (Phi) is 3.03. The van der Waals surface area contributed by atoms with E-state index in [4.69, 9.17) is 5.11 Å². The van der Waals surface area contributed by atoms with Crippen molar-refractivity contribution in [3.8, 4) is 0 Å². The number of pyridine rings is 1. The van der Waals surface area contributed by atoms with Crippen LogP contribution in [0.25, 0.3) is 0 Å². The third kappa shape index (κ3) is 2.58. The van der Waals surface area contributed by atoms with Gasteiger partial charge in [0.2, 0.25) is 5.95 Å². The number of aromatic nitrogens is 1. The molecule has 1 aliphatic heterocycles. The molecule has 0 aromatic carbocycles. The van der Waals surface area contributed by atoms with Crippen molar-refractivity contribution in [2.24, 2.45) is 5.92 Å². The molecule has 0 bridgehead atoms. The molecule has 1 amide bonds. The van der Waals surface area contributed by atoms with Crippen molar-refractivity contribution in [2.75, 3.05) is 13.1 Å². The molecule has 1 aromatic heterocycles. The zero-order chi connectivity index (χ0) is 12.4. The van der Waals surface area contributed by atoms with E-state index < -0.39 is 11.9 Å². The van der Waals surface area contributed by atoms with Crippen molar-refractivity contribution in [3.05, 3.63) is 29.8 Å². The molecule has 0 radical (unpaired) electrons. The molecule has 1 fully saturated rings. The standard InChI is InChI=1S/C11H11FN2O3/c12-9-2-1-8(4-13-9)11(17)14-5-7(6-14)3-10(15)16/h1-2,4,7H,3,5-6H2,(H,15,16). The summed E-state index contributed by atoms with van der Waals surface area (Å²) in [6, 6.07) is 2.50. The number of carboxylic acid groups (broad SMARTS) is 1. The van der Waals surface area contributed by atoms with Gasteiger partial charge in [-0.25, -0.2) is 4.98 Å². The van der Waals surface area contributed by atoms with Gasteiger partial charge in [-0.3, -0.25) is 9.59 Å². The Morgan fingerprint density at radius 2 is 2.18 bits per heavy atom. The lowest BCUT2D eigenvalue weighted by Crippen LogP contribution is -2.50. The Morgan fingerprint density at radius 1 is 1.47 bits per heavy atom. The molecule has 0 atom stereocenters. The zero-order valence-electron chi connectivity index (χ0n) is 8.97. The van der Waals surface area contributed by atoms with E-state index in [1.165, 1.54) is 17.2 Å². The average Bonchev–Trinajstić information content (AvgIpc) is 2.23. The summed E-state index contributed by atoms with van der Waals surface area (Å²) < 4.78 is 12.6. The smallest absolute Gasteiger partial charge is 0.303 e. The van der Waals surface area contributed by atoms with Gasteiger partial charge in [0.05, 0.1) is 12.0 Å². The van der Waals surface area contributed by atoms with Crippen LogP contribution >= 0.6 is 0 Å². The molecule has 0 unspecified atom stereocenters. The monoisotopic (exact) mass is 238 g/mol. The highest BCUT2D eigenvalue weighted by atomic mass is 19.1. The van der Waals surface area contributed by atoms with Gasteiger partial charge in [-0.05, 0) is 12.1 Å². The Balaban J connectivity index is 1.91. The molecule has 0 aliphatic carbocycles. The third-order valence-electron chi connectivity index (χ3n) is 2.68. The summed E-state index contributed by atoms with van der Waals surface area (Å²) in [6.45, 7) is 0.866. The average molecular weight is 238 g/mol. The highest BCUT2D eigenvalue weighted by molar-refractivity contribution is 5.94. The minimum Gasteiger partial charge on any atom is -0.481 e. The summed E-state index contributed by atoms with van der Waals surface area (Å²) in [5.74, 6) is -1.71. The Bertz CT molecular complexity index is 441. The topological polar surface area (TPSA) is 70.5 Å². The summed E-state index contributed by atoms with van der Waals surface area (Å²) in [5.41, 5.74) is 0.320. The van der Waals surface area contributed by atoms with Crippen molar-refractivity contribution in [1.82, 2.24) is 9.88 Å². The van der Waals surface area contributed by atoms with Crippen LogP contribution in [0.5, 0.6) is 0 Å². The van der Waals surface area contributed by atoms with Crippen molar-refractivity contribution in [3.63, 3.8) is 0 Å². The first kappa shape index (κ1) is 11.5. The van der Waals surface area contributed by atoms with Crippen molar-refractivity contribution in [2.45, 2.75) is 6.42 Å². The number of hydrogen-bond acceptors (Lipinski definition) is 3. The van der Waals surface area contributed by atoms with Crippen molar-refractivity contribution < 1.29 is 19.1 Å². The van der Waals surface area contributed by atoms with E-state index in [-0.39, 0.29) is 18.2 Å². The molecule has 2 rings (SSSR count). The first-order valence-electron chi connectivity index (χ1n) is 5.19. The summed E-state index contributed by atoms with van der Waals surface area (Å²) >= 11 is 0. The van der Waals surface area contributed by atoms with E-state index in [0.29, 0.717) is 18.7 Å². The van der Waals surface area contributed by atoms with Crippen LogP contribution in [0.2, 0.25) is 0 Å². The fraction of sp³-hybridized carbons (Fsp3) is 0.364. The predicted molar refractivity (Wildman–Crippen MR) is 55.8 cm³/mol. The maximum Gasteiger partial charge on any atom is 0.303 e. The Labute approximate surface area is 96.9 Å². The van der Waals surface area contributed by atoms with E-state index >= 15 is 0 Å². The van der Waals surface area contributed by atoms with Crippen LogP contribution in [0.4, 0.5) is 4.39 Å². The van der Waals surface area contributed by atoms with Gasteiger partial charge in [-0.1, -0.05) is 0 Å². The van der Waals surface area contributed by atoms with Gasteiger partial charge in [-0.15, -0.1) is 0 Å². The Morgan fingerprint density at radius 3 is 2.71 bits per heavy atom.